The van der Waals surface area contributed by atoms with Crippen molar-refractivity contribution < 1.29 is 4.74 Å². The zero-order chi connectivity index (χ0) is 12.3. The Morgan fingerprint density at radius 3 is 3.00 bits per heavy atom. The van der Waals surface area contributed by atoms with Gasteiger partial charge in [0, 0.05) is 11.8 Å². The normalized spacial score (nSPS) is 10.0. The average Bonchev–Trinajstić information content (AvgIpc) is 2.34. The Morgan fingerprint density at radius 2 is 2.24 bits per heavy atom. The molecule has 2 N–H and O–H groups in total. The van der Waals surface area contributed by atoms with Crippen LogP contribution in [-0.4, -0.2) is 22.3 Å². The van der Waals surface area contributed by atoms with Crippen molar-refractivity contribution in [2.75, 3.05) is 12.4 Å². The number of H-pyrrole nitrogens is 1. The number of aromatic amines is 1. The van der Waals surface area contributed by atoms with Crippen LogP contribution >= 0.6 is 12.2 Å². The molecule has 5 nitrogen and oxygen atoms in total. The molecule has 0 saturated heterocycles. The summed E-state index contributed by atoms with van der Waals surface area (Å²) >= 11 is 4.93. The minimum absolute atomic E-state index is 0.348. The molecular formula is C11H12N4OS. The van der Waals surface area contributed by atoms with E-state index >= 15 is 0 Å². The molecule has 0 fully saturated rings. The summed E-state index contributed by atoms with van der Waals surface area (Å²) in [7, 11) is 1.63. The summed E-state index contributed by atoms with van der Waals surface area (Å²) in [6.07, 6.45) is 0. The molecule has 0 atom stereocenters. The van der Waals surface area contributed by atoms with E-state index < -0.39 is 0 Å². The highest BCUT2D eigenvalue weighted by molar-refractivity contribution is 7.71. The molecule has 0 aliphatic heterocycles. The topological polar surface area (TPSA) is 62.8 Å². The molecular weight excluding hydrogens is 236 g/mol. The van der Waals surface area contributed by atoms with E-state index in [1.807, 2.05) is 31.2 Å². The summed E-state index contributed by atoms with van der Waals surface area (Å²) in [6.45, 7) is 1.85. The summed E-state index contributed by atoms with van der Waals surface area (Å²) in [5.41, 5.74) is 1.63. The van der Waals surface area contributed by atoms with Crippen LogP contribution in [0, 0.1) is 11.7 Å². The van der Waals surface area contributed by atoms with Crippen molar-refractivity contribution in [1.29, 1.82) is 0 Å². The van der Waals surface area contributed by atoms with Gasteiger partial charge in [-0.15, -0.1) is 0 Å². The van der Waals surface area contributed by atoms with Crippen LogP contribution < -0.4 is 10.1 Å². The van der Waals surface area contributed by atoms with Crippen molar-refractivity contribution in [2.45, 2.75) is 6.92 Å². The number of rotatable bonds is 3. The van der Waals surface area contributed by atoms with Gasteiger partial charge in [0.15, 0.2) is 5.82 Å². The molecule has 2 rings (SSSR count). The Morgan fingerprint density at radius 1 is 1.41 bits per heavy atom. The van der Waals surface area contributed by atoms with E-state index in [1.54, 1.807) is 7.11 Å². The van der Waals surface area contributed by atoms with Gasteiger partial charge in [0.2, 0.25) is 4.77 Å². The van der Waals surface area contributed by atoms with E-state index in [0.717, 1.165) is 17.1 Å². The molecule has 0 aliphatic carbocycles. The predicted molar refractivity (Wildman–Crippen MR) is 68.2 cm³/mol. The van der Waals surface area contributed by atoms with Crippen LogP contribution in [0.15, 0.2) is 24.3 Å². The van der Waals surface area contributed by atoms with Gasteiger partial charge in [-0.1, -0.05) is 6.07 Å². The first-order valence-electron chi connectivity index (χ1n) is 5.03. The van der Waals surface area contributed by atoms with Crippen molar-refractivity contribution in [3.05, 3.63) is 34.7 Å². The molecule has 0 bridgehead atoms. The van der Waals surface area contributed by atoms with Crippen LogP contribution in [0.5, 0.6) is 5.75 Å². The molecule has 0 spiro atoms. The highest BCUT2D eigenvalue weighted by Gasteiger charge is 2.02. The number of anilines is 2. The minimum Gasteiger partial charge on any atom is -0.497 e. The standard InChI is InChI=1S/C11H12N4OS/c1-7-10(13-11(17)15-14-7)12-8-4-3-5-9(6-8)16-2/h3-6H,1-2H3,(H2,12,13,15,17). The molecule has 88 valence electrons. The number of aryl methyl sites for hydroxylation is 1. The molecule has 1 aromatic heterocycles. The SMILES string of the molecule is COc1cccc(Nc2nc(=S)[nH]nc2C)c1. The van der Waals surface area contributed by atoms with Crippen LogP contribution in [0.3, 0.4) is 0 Å². The second-order valence-corrected chi connectivity index (χ2v) is 3.82. The molecule has 17 heavy (non-hydrogen) atoms. The van der Waals surface area contributed by atoms with Gasteiger partial charge < -0.3 is 10.1 Å². The van der Waals surface area contributed by atoms with Crippen LogP contribution in [0.1, 0.15) is 5.69 Å². The van der Waals surface area contributed by atoms with E-state index in [2.05, 4.69) is 20.5 Å². The third-order valence-corrected chi connectivity index (χ3v) is 2.39. The van der Waals surface area contributed by atoms with Crippen molar-refractivity contribution in [3.63, 3.8) is 0 Å². The first-order valence-corrected chi connectivity index (χ1v) is 5.44. The van der Waals surface area contributed by atoms with E-state index in [1.165, 1.54) is 0 Å². The molecule has 1 heterocycles. The Kier molecular flexibility index (Phi) is 3.34. The van der Waals surface area contributed by atoms with E-state index in [9.17, 15) is 0 Å². The highest BCUT2D eigenvalue weighted by atomic mass is 32.1. The van der Waals surface area contributed by atoms with Gasteiger partial charge in [-0.2, -0.15) is 10.1 Å². The van der Waals surface area contributed by atoms with Gasteiger partial charge >= 0.3 is 0 Å². The molecule has 2 aromatic rings. The summed E-state index contributed by atoms with van der Waals surface area (Å²) in [5.74, 6) is 1.42. The number of nitrogens with one attached hydrogen (secondary N) is 2. The van der Waals surface area contributed by atoms with Gasteiger partial charge in [0.05, 0.1) is 7.11 Å². The monoisotopic (exact) mass is 248 g/mol. The predicted octanol–water partition coefficient (Wildman–Crippen LogP) is 2.59. The maximum atomic E-state index is 5.14. The lowest BCUT2D eigenvalue weighted by molar-refractivity contribution is 0.415. The van der Waals surface area contributed by atoms with Crippen LogP contribution in [0.2, 0.25) is 0 Å². The van der Waals surface area contributed by atoms with Crippen LogP contribution in [-0.2, 0) is 0 Å². The molecule has 0 radical (unpaired) electrons. The fourth-order valence-electron chi connectivity index (χ4n) is 1.35. The third kappa shape index (κ3) is 2.79. The molecule has 0 aliphatic rings. The van der Waals surface area contributed by atoms with Crippen LogP contribution in [0.4, 0.5) is 11.5 Å². The van der Waals surface area contributed by atoms with Crippen molar-refractivity contribution in [1.82, 2.24) is 15.2 Å². The van der Waals surface area contributed by atoms with E-state index in [-0.39, 0.29) is 0 Å². The first-order chi connectivity index (χ1) is 8.19. The number of hydrogen-bond acceptors (Lipinski definition) is 5. The third-order valence-electron chi connectivity index (χ3n) is 2.21. The number of ether oxygens (including phenoxy) is 1. The summed E-state index contributed by atoms with van der Waals surface area (Å²) in [6, 6.07) is 7.57. The van der Waals surface area contributed by atoms with Crippen molar-refractivity contribution in [2.24, 2.45) is 0 Å². The van der Waals surface area contributed by atoms with Crippen molar-refractivity contribution >= 4 is 23.7 Å². The molecule has 0 amide bonds. The lowest BCUT2D eigenvalue weighted by Crippen LogP contribution is -2.01. The first kappa shape index (κ1) is 11.5. The smallest absolute Gasteiger partial charge is 0.215 e. The Balaban J connectivity index is 2.30. The van der Waals surface area contributed by atoms with Crippen LogP contribution in [0.25, 0.3) is 0 Å². The Labute approximate surface area is 104 Å². The minimum atomic E-state index is 0.348. The van der Waals surface area contributed by atoms with Gasteiger partial charge in [0.25, 0.3) is 0 Å². The lowest BCUT2D eigenvalue weighted by atomic mass is 10.3. The van der Waals surface area contributed by atoms with Gasteiger partial charge in [-0.25, -0.2) is 0 Å². The number of benzene rings is 1. The van der Waals surface area contributed by atoms with Crippen molar-refractivity contribution in [3.8, 4) is 5.75 Å². The summed E-state index contributed by atoms with van der Waals surface area (Å²) < 4.78 is 5.49. The second kappa shape index (κ2) is 4.92. The molecule has 0 saturated carbocycles. The molecule has 0 unspecified atom stereocenters. The van der Waals surface area contributed by atoms with E-state index in [0.29, 0.717) is 10.6 Å². The zero-order valence-electron chi connectivity index (χ0n) is 9.52. The quantitative estimate of drug-likeness (QED) is 0.817. The average molecular weight is 248 g/mol. The van der Waals surface area contributed by atoms with Gasteiger partial charge in [-0.3, -0.25) is 5.10 Å². The zero-order valence-corrected chi connectivity index (χ0v) is 10.3. The fraction of sp³-hybridized carbons (Fsp3) is 0.182. The maximum Gasteiger partial charge on any atom is 0.215 e. The number of aromatic nitrogens is 3. The second-order valence-electron chi connectivity index (χ2n) is 3.43. The number of hydrogen-bond donors (Lipinski definition) is 2. The lowest BCUT2D eigenvalue weighted by Gasteiger charge is -2.08. The maximum absolute atomic E-state index is 5.14. The fourth-order valence-corrected chi connectivity index (χ4v) is 1.48. The Hall–Kier alpha value is -1.95. The van der Waals surface area contributed by atoms with Gasteiger partial charge in [-0.05, 0) is 31.3 Å². The number of nitrogens with zero attached hydrogens (tertiary/aromatic N) is 2. The Bertz CT molecular complexity index is 582. The molecule has 6 heteroatoms. The molecule has 1 aromatic carbocycles. The summed E-state index contributed by atoms with van der Waals surface area (Å²) in [4.78, 5) is 4.17. The van der Waals surface area contributed by atoms with E-state index in [4.69, 9.17) is 17.0 Å². The summed E-state index contributed by atoms with van der Waals surface area (Å²) in [5, 5.41) is 9.82. The van der Waals surface area contributed by atoms with Gasteiger partial charge in [0.1, 0.15) is 11.4 Å². The largest absolute Gasteiger partial charge is 0.497 e. The highest BCUT2D eigenvalue weighted by Crippen LogP contribution is 2.20. The number of methoxy groups -OCH3 is 1.